The average molecular weight is 646 g/mol. The molecule has 0 aliphatic carbocycles. The Labute approximate surface area is 281 Å². The highest BCUT2D eigenvalue weighted by Gasteiger charge is 2.41. The summed E-state index contributed by atoms with van der Waals surface area (Å²) in [6.45, 7) is 6.47. The summed E-state index contributed by atoms with van der Waals surface area (Å²) in [6, 6.07) is 31.5. The van der Waals surface area contributed by atoms with E-state index in [4.69, 9.17) is 24.3 Å². The lowest BCUT2D eigenvalue weighted by Crippen LogP contribution is -2.51. The number of nitrogens with zero attached hydrogens (tertiary/aromatic N) is 4. The number of nitrogens with one attached hydrogen (secondary N) is 1. The minimum Gasteiger partial charge on any atom is -0.473 e. The number of piperidine rings is 1. The van der Waals surface area contributed by atoms with Crippen LogP contribution in [0.1, 0.15) is 57.6 Å². The van der Waals surface area contributed by atoms with Gasteiger partial charge in [-0.15, -0.1) is 0 Å². The molecule has 7 rings (SSSR count). The summed E-state index contributed by atoms with van der Waals surface area (Å²) in [7, 11) is 1.98. The van der Waals surface area contributed by atoms with E-state index in [0.717, 1.165) is 59.0 Å². The van der Waals surface area contributed by atoms with E-state index in [0.29, 0.717) is 37.1 Å². The Morgan fingerprint density at radius 3 is 2.15 bits per heavy atom. The summed E-state index contributed by atoms with van der Waals surface area (Å²) < 4.78 is 19.9. The van der Waals surface area contributed by atoms with Crippen LogP contribution in [0.4, 0.5) is 10.5 Å². The lowest BCUT2D eigenvalue weighted by atomic mass is 9.96. The van der Waals surface area contributed by atoms with Crippen LogP contribution in [0.2, 0.25) is 0 Å². The van der Waals surface area contributed by atoms with Crippen molar-refractivity contribution in [3.8, 4) is 23.0 Å². The molecule has 3 atom stereocenters. The Morgan fingerprint density at radius 1 is 0.854 bits per heavy atom. The van der Waals surface area contributed by atoms with Gasteiger partial charge in [0.1, 0.15) is 24.5 Å². The average Bonchev–Trinajstić information content (AvgIpc) is 3.54. The molecule has 0 spiro atoms. The molecule has 4 heterocycles. The second-order valence-electron chi connectivity index (χ2n) is 13.8. The Kier molecular flexibility index (Phi) is 8.69. The molecule has 2 aliphatic rings. The fourth-order valence-corrected chi connectivity index (χ4v) is 7.05. The van der Waals surface area contributed by atoms with E-state index in [1.165, 1.54) is 5.69 Å². The molecular formula is C39H43N5O4. The maximum atomic E-state index is 12.5. The number of alkyl carbamates (subject to hydrolysis) is 1. The van der Waals surface area contributed by atoms with E-state index >= 15 is 0 Å². The van der Waals surface area contributed by atoms with Crippen LogP contribution in [0.3, 0.4) is 0 Å². The van der Waals surface area contributed by atoms with E-state index in [9.17, 15) is 4.79 Å². The number of aryl methyl sites for hydroxylation is 1. The number of benzene rings is 3. The molecule has 5 aromatic rings. The van der Waals surface area contributed by atoms with Gasteiger partial charge in [0.25, 0.3) is 0 Å². The fourth-order valence-electron chi connectivity index (χ4n) is 7.05. The second-order valence-corrected chi connectivity index (χ2v) is 13.8. The molecule has 2 bridgehead atoms. The standard InChI is InChI=1S/C39H43N5O4/c1-39(2,3)48-38(45)40-28-21-29-15-16-30(22-28)44(29)31-17-18-32-34(23-31)43(4)42-36(32)33-19-20-35(46-24-26-11-7-5-8-12-26)41-37(33)47-25-27-13-9-6-10-14-27/h5-14,17-20,23,28-30H,15-16,21-22,24-25H2,1-4H3,(H,40,45)/t28?,29-,30+. The van der Waals surface area contributed by atoms with Crippen molar-refractivity contribution in [1.29, 1.82) is 0 Å². The highest BCUT2D eigenvalue weighted by molar-refractivity contribution is 5.96. The number of anilines is 1. The first-order chi connectivity index (χ1) is 23.2. The molecule has 248 valence electrons. The van der Waals surface area contributed by atoms with E-state index in [2.05, 4.69) is 28.4 Å². The summed E-state index contributed by atoms with van der Waals surface area (Å²) in [4.78, 5) is 19.9. The van der Waals surface area contributed by atoms with Crippen molar-refractivity contribution in [2.45, 2.75) is 83.4 Å². The monoisotopic (exact) mass is 645 g/mol. The Hall–Kier alpha value is -5.05. The molecule has 0 radical (unpaired) electrons. The number of amides is 1. The quantitative estimate of drug-likeness (QED) is 0.175. The molecule has 1 amide bonds. The number of aromatic nitrogens is 3. The largest absolute Gasteiger partial charge is 0.473 e. The van der Waals surface area contributed by atoms with Crippen LogP contribution in [0, 0.1) is 0 Å². The molecule has 9 heteroatoms. The first-order valence-electron chi connectivity index (χ1n) is 16.8. The molecule has 1 N–H and O–H groups in total. The highest BCUT2D eigenvalue weighted by atomic mass is 16.6. The van der Waals surface area contributed by atoms with Gasteiger partial charge in [-0.3, -0.25) is 4.68 Å². The van der Waals surface area contributed by atoms with Crippen molar-refractivity contribution in [3.05, 3.63) is 102 Å². The van der Waals surface area contributed by atoms with Gasteiger partial charge in [-0.2, -0.15) is 10.1 Å². The van der Waals surface area contributed by atoms with E-state index in [1.807, 2.05) is 105 Å². The van der Waals surface area contributed by atoms with E-state index < -0.39 is 5.60 Å². The summed E-state index contributed by atoms with van der Waals surface area (Å²) in [6.07, 6.45) is 3.69. The van der Waals surface area contributed by atoms with Crippen LogP contribution in [-0.4, -0.2) is 44.6 Å². The topological polar surface area (TPSA) is 90.7 Å². The van der Waals surface area contributed by atoms with Gasteiger partial charge in [-0.05, 0) is 81.8 Å². The number of carbonyl (C=O) groups is 1. The maximum absolute atomic E-state index is 12.5. The van der Waals surface area contributed by atoms with E-state index in [-0.39, 0.29) is 12.1 Å². The smallest absolute Gasteiger partial charge is 0.407 e. The molecule has 9 nitrogen and oxygen atoms in total. The third-order valence-corrected chi connectivity index (χ3v) is 9.12. The molecule has 0 saturated carbocycles. The minimum absolute atomic E-state index is 0.113. The van der Waals surface area contributed by atoms with Crippen LogP contribution in [-0.2, 0) is 25.0 Å². The Bertz CT molecular complexity index is 1870. The predicted octanol–water partition coefficient (Wildman–Crippen LogP) is 7.82. The zero-order valence-corrected chi connectivity index (χ0v) is 28.1. The number of pyridine rings is 1. The number of hydrogen-bond donors (Lipinski definition) is 1. The summed E-state index contributed by atoms with van der Waals surface area (Å²) in [5.41, 5.74) is 5.45. The van der Waals surface area contributed by atoms with Crippen molar-refractivity contribution in [3.63, 3.8) is 0 Å². The van der Waals surface area contributed by atoms with Gasteiger partial charge < -0.3 is 24.4 Å². The summed E-state index contributed by atoms with van der Waals surface area (Å²) in [5, 5.41) is 9.14. The van der Waals surface area contributed by atoms with Crippen LogP contribution in [0.25, 0.3) is 22.2 Å². The van der Waals surface area contributed by atoms with Gasteiger partial charge in [-0.1, -0.05) is 60.7 Å². The normalized spacial score (nSPS) is 18.9. The van der Waals surface area contributed by atoms with Gasteiger partial charge in [0.15, 0.2) is 0 Å². The van der Waals surface area contributed by atoms with E-state index in [1.54, 1.807) is 0 Å². The predicted molar refractivity (Wildman–Crippen MR) is 187 cm³/mol. The molecule has 48 heavy (non-hydrogen) atoms. The van der Waals surface area contributed by atoms with Crippen molar-refractivity contribution in [2.75, 3.05) is 4.90 Å². The maximum Gasteiger partial charge on any atom is 0.407 e. The lowest BCUT2D eigenvalue weighted by molar-refractivity contribution is 0.0492. The van der Waals surface area contributed by atoms with Gasteiger partial charge in [0, 0.05) is 42.3 Å². The third kappa shape index (κ3) is 6.95. The number of rotatable bonds is 9. The van der Waals surface area contributed by atoms with Crippen LogP contribution < -0.4 is 19.7 Å². The van der Waals surface area contributed by atoms with Gasteiger partial charge in [0.2, 0.25) is 11.8 Å². The number of ether oxygens (including phenoxy) is 3. The van der Waals surface area contributed by atoms with Gasteiger partial charge in [-0.25, -0.2) is 4.79 Å². The van der Waals surface area contributed by atoms with Gasteiger partial charge in [0.05, 0.1) is 11.1 Å². The molecule has 1 unspecified atom stereocenters. The zero-order valence-electron chi connectivity index (χ0n) is 28.1. The second kappa shape index (κ2) is 13.2. The number of hydrogen-bond acceptors (Lipinski definition) is 7. The molecule has 2 aromatic heterocycles. The van der Waals surface area contributed by atoms with Crippen LogP contribution in [0.15, 0.2) is 91.0 Å². The molecule has 2 aliphatic heterocycles. The summed E-state index contributed by atoms with van der Waals surface area (Å²) in [5.74, 6) is 0.972. The van der Waals surface area contributed by atoms with Crippen molar-refractivity contribution in [1.82, 2.24) is 20.1 Å². The molecular weight excluding hydrogens is 602 g/mol. The molecule has 3 aromatic carbocycles. The minimum atomic E-state index is -0.510. The molecule has 2 saturated heterocycles. The number of fused-ring (bicyclic) bond motifs is 3. The Balaban J connectivity index is 1.14. The lowest BCUT2D eigenvalue weighted by Gasteiger charge is -2.41. The summed E-state index contributed by atoms with van der Waals surface area (Å²) >= 11 is 0. The zero-order chi connectivity index (χ0) is 33.3. The Morgan fingerprint density at radius 2 is 1.50 bits per heavy atom. The fraction of sp³-hybridized carbons (Fsp3) is 0.359. The van der Waals surface area contributed by atoms with Crippen molar-refractivity contribution >= 4 is 22.7 Å². The van der Waals surface area contributed by atoms with Crippen molar-refractivity contribution in [2.24, 2.45) is 7.05 Å². The third-order valence-electron chi connectivity index (χ3n) is 9.12. The van der Waals surface area contributed by atoms with Gasteiger partial charge >= 0.3 is 6.09 Å². The number of carbonyl (C=O) groups excluding carboxylic acids is 1. The SMILES string of the molecule is Cn1nc(-c2ccc(OCc3ccccc3)nc2OCc2ccccc2)c2ccc(N3[C@@H]4CC[C@H]3CC(NC(=O)OC(C)(C)C)C4)cc21. The first kappa shape index (κ1) is 31.5. The first-order valence-corrected chi connectivity index (χ1v) is 16.8. The van der Waals surface area contributed by atoms with Crippen molar-refractivity contribution < 1.29 is 19.0 Å². The molecule has 2 fully saturated rings. The van der Waals surface area contributed by atoms with Crippen LogP contribution >= 0.6 is 0 Å². The highest BCUT2D eigenvalue weighted by Crippen LogP contribution is 2.42. The van der Waals surface area contributed by atoms with Crippen LogP contribution in [0.5, 0.6) is 11.8 Å².